The minimum atomic E-state index is -1.20. The van der Waals surface area contributed by atoms with Crippen molar-refractivity contribution in [2.45, 2.75) is 6.10 Å². The molecule has 19 heavy (non-hydrogen) atoms. The Balaban J connectivity index is 2.07. The second-order valence-corrected chi connectivity index (χ2v) is 4.01. The number of carbonyl (C=O) groups excluding carboxylic acids is 1. The molecule has 102 valence electrons. The molecule has 8 heteroatoms. The topological polar surface area (TPSA) is 105 Å². The number of anilines is 2. The number of hydrogen-bond acceptors (Lipinski definition) is 4. The molecule has 4 N–H and O–H groups in total. The van der Waals surface area contributed by atoms with Gasteiger partial charge in [0.1, 0.15) is 11.9 Å². The zero-order valence-corrected chi connectivity index (χ0v) is 9.80. The molecule has 2 amide bonds. The average Bonchev–Trinajstić information content (AvgIpc) is 2.72. The van der Waals surface area contributed by atoms with Crippen molar-refractivity contribution in [3.8, 4) is 0 Å². The molecule has 1 unspecified atom stereocenters. The maximum Gasteiger partial charge on any atom is 0.414 e. The van der Waals surface area contributed by atoms with Gasteiger partial charge in [0.25, 0.3) is 0 Å². The highest BCUT2D eigenvalue weighted by atomic mass is 19.1. The molecule has 1 heterocycles. The van der Waals surface area contributed by atoms with E-state index >= 15 is 0 Å². The zero-order chi connectivity index (χ0) is 14.0. The lowest BCUT2D eigenvalue weighted by molar-refractivity contribution is 0.136. The van der Waals surface area contributed by atoms with Crippen molar-refractivity contribution in [1.29, 1.82) is 0 Å². The molecule has 0 aromatic heterocycles. The van der Waals surface area contributed by atoms with Crippen LogP contribution in [-0.2, 0) is 4.74 Å². The smallest absolute Gasteiger partial charge is 0.414 e. The molecule has 1 atom stereocenters. The number of benzene rings is 1. The molecule has 1 aliphatic rings. The Morgan fingerprint density at radius 3 is 3.00 bits per heavy atom. The number of nitrogens with zero attached hydrogens (tertiary/aromatic N) is 1. The maximum atomic E-state index is 13.3. The van der Waals surface area contributed by atoms with Crippen molar-refractivity contribution in [2.24, 2.45) is 0 Å². The average molecular weight is 269 g/mol. The van der Waals surface area contributed by atoms with Gasteiger partial charge in [-0.15, -0.1) is 0 Å². The molecular weight excluding hydrogens is 257 g/mol. The molecular formula is C11H12FN3O4. The van der Waals surface area contributed by atoms with E-state index in [-0.39, 0.29) is 18.8 Å². The fourth-order valence-corrected chi connectivity index (χ4v) is 1.72. The summed E-state index contributed by atoms with van der Waals surface area (Å²) in [6, 6.07) is 3.97. The fraction of sp³-hybridized carbons (Fsp3) is 0.273. The Hall–Kier alpha value is -2.51. The SMILES string of the molecule is Nc1ccc(N2CC(CNC(=O)O)OC2=O)cc1F. The van der Waals surface area contributed by atoms with Gasteiger partial charge < -0.3 is 20.9 Å². The zero-order valence-electron chi connectivity index (χ0n) is 9.80. The summed E-state index contributed by atoms with van der Waals surface area (Å²) in [6.07, 6.45) is -2.46. The van der Waals surface area contributed by atoms with Gasteiger partial charge in [0, 0.05) is 0 Å². The van der Waals surface area contributed by atoms with E-state index in [1.165, 1.54) is 17.0 Å². The predicted molar refractivity (Wildman–Crippen MR) is 64.5 cm³/mol. The van der Waals surface area contributed by atoms with E-state index in [4.69, 9.17) is 15.6 Å². The fourth-order valence-electron chi connectivity index (χ4n) is 1.72. The van der Waals surface area contributed by atoms with E-state index in [0.717, 1.165) is 6.07 Å². The molecule has 1 aromatic rings. The minimum absolute atomic E-state index is 0.0135. The Morgan fingerprint density at radius 1 is 1.63 bits per heavy atom. The van der Waals surface area contributed by atoms with Gasteiger partial charge in [0.2, 0.25) is 0 Å². The van der Waals surface area contributed by atoms with Crippen LogP contribution in [0.15, 0.2) is 18.2 Å². The van der Waals surface area contributed by atoms with E-state index < -0.39 is 24.1 Å². The first-order chi connectivity index (χ1) is 8.97. The molecule has 0 saturated carbocycles. The van der Waals surface area contributed by atoms with Gasteiger partial charge in [-0.05, 0) is 18.2 Å². The summed E-state index contributed by atoms with van der Waals surface area (Å²) in [7, 11) is 0. The number of carboxylic acid groups (broad SMARTS) is 1. The molecule has 7 nitrogen and oxygen atoms in total. The third-order valence-corrected chi connectivity index (χ3v) is 2.65. The monoisotopic (exact) mass is 269 g/mol. The number of hydrogen-bond donors (Lipinski definition) is 3. The normalized spacial score (nSPS) is 18.3. The summed E-state index contributed by atoms with van der Waals surface area (Å²) < 4.78 is 18.3. The van der Waals surface area contributed by atoms with Crippen LogP contribution in [0, 0.1) is 5.82 Å². The molecule has 1 saturated heterocycles. The Morgan fingerprint density at radius 2 is 2.37 bits per heavy atom. The third-order valence-electron chi connectivity index (χ3n) is 2.65. The van der Waals surface area contributed by atoms with Gasteiger partial charge in [0.15, 0.2) is 0 Å². The highest BCUT2D eigenvalue weighted by molar-refractivity contribution is 5.90. The lowest BCUT2D eigenvalue weighted by Gasteiger charge is -2.13. The van der Waals surface area contributed by atoms with Crippen LogP contribution in [0.1, 0.15) is 0 Å². The molecule has 2 rings (SSSR count). The summed E-state index contributed by atoms with van der Waals surface area (Å²) in [5, 5.41) is 10.6. The first-order valence-corrected chi connectivity index (χ1v) is 5.47. The summed E-state index contributed by atoms with van der Waals surface area (Å²) in [5.41, 5.74) is 5.65. The first-order valence-electron chi connectivity index (χ1n) is 5.47. The van der Waals surface area contributed by atoms with Crippen LogP contribution in [0.4, 0.5) is 25.4 Å². The van der Waals surface area contributed by atoms with Gasteiger partial charge in [0.05, 0.1) is 24.5 Å². The highest BCUT2D eigenvalue weighted by Crippen LogP contribution is 2.24. The van der Waals surface area contributed by atoms with Crippen molar-refractivity contribution in [3.05, 3.63) is 24.0 Å². The molecule has 1 aliphatic heterocycles. The van der Waals surface area contributed by atoms with Crippen molar-refractivity contribution < 1.29 is 23.8 Å². The van der Waals surface area contributed by atoms with Crippen LogP contribution in [0.2, 0.25) is 0 Å². The number of rotatable bonds is 3. The maximum absolute atomic E-state index is 13.3. The molecule has 0 aliphatic carbocycles. The summed E-state index contributed by atoms with van der Waals surface area (Å²) in [6.45, 7) is 0.123. The van der Waals surface area contributed by atoms with Crippen LogP contribution in [0.3, 0.4) is 0 Å². The number of carbonyl (C=O) groups is 2. The number of ether oxygens (including phenoxy) is 1. The van der Waals surface area contributed by atoms with Crippen LogP contribution in [0.5, 0.6) is 0 Å². The van der Waals surface area contributed by atoms with Gasteiger partial charge in [-0.25, -0.2) is 14.0 Å². The Bertz CT molecular complexity index is 523. The minimum Gasteiger partial charge on any atom is -0.465 e. The number of amides is 2. The predicted octanol–water partition coefficient (Wildman–Crippen LogP) is 1.00. The van der Waals surface area contributed by atoms with E-state index in [1.54, 1.807) is 0 Å². The molecule has 0 bridgehead atoms. The van der Waals surface area contributed by atoms with E-state index in [0.29, 0.717) is 5.69 Å². The van der Waals surface area contributed by atoms with Gasteiger partial charge >= 0.3 is 12.2 Å². The summed E-state index contributed by atoms with van der Waals surface area (Å²) >= 11 is 0. The Labute approximate surface area is 107 Å². The van der Waals surface area contributed by atoms with E-state index in [1.807, 2.05) is 0 Å². The molecule has 1 aromatic carbocycles. The standard InChI is InChI=1S/C11H12FN3O4/c12-8-3-6(1-2-9(8)13)15-5-7(19-11(15)18)4-14-10(16)17/h1-3,7,14H,4-5,13H2,(H,16,17). The van der Waals surface area contributed by atoms with Crippen LogP contribution < -0.4 is 16.0 Å². The first kappa shape index (κ1) is 12.9. The highest BCUT2D eigenvalue weighted by Gasteiger charge is 2.32. The third kappa shape index (κ3) is 2.84. The van der Waals surface area contributed by atoms with Crippen LogP contribution >= 0.6 is 0 Å². The second kappa shape index (κ2) is 5.01. The number of nitrogens with one attached hydrogen (secondary N) is 1. The van der Waals surface area contributed by atoms with Gasteiger partial charge in [-0.1, -0.05) is 0 Å². The number of nitrogens with two attached hydrogens (primary N) is 1. The summed E-state index contributed by atoms with van der Waals surface area (Å²) in [5.74, 6) is -0.627. The molecule has 0 radical (unpaired) electrons. The lowest BCUT2D eigenvalue weighted by Crippen LogP contribution is -2.33. The number of cyclic esters (lactones) is 1. The van der Waals surface area contributed by atoms with Crippen LogP contribution in [0.25, 0.3) is 0 Å². The van der Waals surface area contributed by atoms with Crippen molar-refractivity contribution in [1.82, 2.24) is 5.32 Å². The molecule has 1 fully saturated rings. The summed E-state index contributed by atoms with van der Waals surface area (Å²) in [4.78, 5) is 23.2. The van der Waals surface area contributed by atoms with Crippen molar-refractivity contribution >= 4 is 23.6 Å². The number of halogens is 1. The van der Waals surface area contributed by atoms with Crippen molar-refractivity contribution in [3.63, 3.8) is 0 Å². The van der Waals surface area contributed by atoms with Gasteiger partial charge in [-0.2, -0.15) is 0 Å². The van der Waals surface area contributed by atoms with Crippen LogP contribution in [-0.4, -0.2) is 36.5 Å². The number of nitrogen functional groups attached to an aromatic ring is 1. The largest absolute Gasteiger partial charge is 0.465 e. The van der Waals surface area contributed by atoms with E-state index in [2.05, 4.69) is 5.32 Å². The van der Waals surface area contributed by atoms with E-state index in [9.17, 15) is 14.0 Å². The van der Waals surface area contributed by atoms with Crippen molar-refractivity contribution in [2.75, 3.05) is 23.7 Å². The Kier molecular flexibility index (Phi) is 3.41. The quantitative estimate of drug-likeness (QED) is 0.710. The molecule has 0 spiro atoms. The lowest BCUT2D eigenvalue weighted by atomic mass is 10.2. The second-order valence-electron chi connectivity index (χ2n) is 4.01. The van der Waals surface area contributed by atoms with Gasteiger partial charge in [-0.3, -0.25) is 4.90 Å².